The molecule has 7 heteroatoms. The van der Waals surface area contributed by atoms with Gasteiger partial charge < -0.3 is 25.7 Å². The molecule has 0 radical (unpaired) electrons. The van der Waals surface area contributed by atoms with Crippen molar-refractivity contribution in [3.8, 4) is 0 Å². The summed E-state index contributed by atoms with van der Waals surface area (Å²) in [5.74, 6) is -0.955. The van der Waals surface area contributed by atoms with E-state index >= 15 is 0 Å². The molecule has 130 valence electrons. The third kappa shape index (κ3) is 14.9. The lowest BCUT2D eigenvalue weighted by molar-refractivity contribution is -0.138. The molecule has 0 aliphatic rings. The molecule has 0 fully saturated rings. The van der Waals surface area contributed by atoms with Crippen LogP contribution in [-0.4, -0.2) is 48.6 Å². The molecule has 0 saturated carbocycles. The molecule has 1 atom stereocenters. The van der Waals surface area contributed by atoms with Crippen LogP contribution >= 0.6 is 0 Å². The van der Waals surface area contributed by atoms with Crippen molar-refractivity contribution in [1.82, 2.24) is 5.32 Å². The monoisotopic (exact) mass is 318 g/mol. The van der Waals surface area contributed by atoms with Crippen molar-refractivity contribution in [3.63, 3.8) is 0 Å². The standard InChI is InChI=1S/C14H26N2O5.CH4/c1-11(17)5-4-9-21-10-7-13(18)16-8-3-2-6-12(15)14(19)20;/h12H,2-10,15H2,1H3,(H,16,18)(H,19,20);1H4. The molecule has 1 unspecified atom stereocenters. The number of hydrogen-bond donors (Lipinski definition) is 3. The summed E-state index contributed by atoms with van der Waals surface area (Å²) in [7, 11) is 0. The van der Waals surface area contributed by atoms with Gasteiger partial charge in [-0.3, -0.25) is 9.59 Å². The van der Waals surface area contributed by atoms with Gasteiger partial charge in [-0.05, 0) is 32.6 Å². The van der Waals surface area contributed by atoms with Gasteiger partial charge in [0.05, 0.1) is 6.61 Å². The smallest absolute Gasteiger partial charge is 0.320 e. The molecule has 22 heavy (non-hydrogen) atoms. The average molecular weight is 318 g/mol. The minimum Gasteiger partial charge on any atom is -0.480 e. The highest BCUT2D eigenvalue weighted by atomic mass is 16.5. The van der Waals surface area contributed by atoms with E-state index in [4.69, 9.17) is 15.6 Å². The summed E-state index contributed by atoms with van der Waals surface area (Å²) in [5, 5.41) is 11.3. The van der Waals surface area contributed by atoms with Crippen molar-refractivity contribution in [1.29, 1.82) is 0 Å². The van der Waals surface area contributed by atoms with Gasteiger partial charge in [-0.25, -0.2) is 0 Å². The maximum Gasteiger partial charge on any atom is 0.320 e. The lowest BCUT2D eigenvalue weighted by Gasteiger charge is -2.07. The number of ether oxygens (including phenoxy) is 1. The number of carbonyl (C=O) groups is 3. The van der Waals surface area contributed by atoms with Gasteiger partial charge in [0.25, 0.3) is 0 Å². The summed E-state index contributed by atoms with van der Waals surface area (Å²) in [6.07, 6.45) is 3.24. The summed E-state index contributed by atoms with van der Waals surface area (Å²) in [6, 6.07) is -0.830. The van der Waals surface area contributed by atoms with Crippen LogP contribution in [0.5, 0.6) is 0 Å². The number of rotatable bonds is 13. The topological polar surface area (TPSA) is 119 Å². The number of hydrogen-bond acceptors (Lipinski definition) is 5. The highest BCUT2D eigenvalue weighted by Crippen LogP contribution is 1.98. The Hall–Kier alpha value is -1.47. The van der Waals surface area contributed by atoms with Crippen LogP contribution in [0, 0.1) is 0 Å². The molecule has 0 rings (SSSR count). The van der Waals surface area contributed by atoms with Crippen LogP contribution in [0.25, 0.3) is 0 Å². The number of ketones is 1. The number of carboxylic acid groups (broad SMARTS) is 1. The quantitative estimate of drug-likeness (QED) is 0.437. The van der Waals surface area contributed by atoms with Crippen molar-refractivity contribution in [2.45, 2.75) is 58.9 Å². The second-order valence-electron chi connectivity index (χ2n) is 4.96. The largest absolute Gasteiger partial charge is 0.480 e. The zero-order chi connectivity index (χ0) is 16.1. The number of amides is 1. The van der Waals surface area contributed by atoms with Gasteiger partial charge in [0, 0.05) is 26.0 Å². The highest BCUT2D eigenvalue weighted by Gasteiger charge is 2.10. The van der Waals surface area contributed by atoms with Crippen LogP contribution in [0.3, 0.4) is 0 Å². The van der Waals surface area contributed by atoms with E-state index < -0.39 is 12.0 Å². The Morgan fingerprint density at radius 3 is 2.41 bits per heavy atom. The predicted molar refractivity (Wildman–Crippen MR) is 84.6 cm³/mol. The van der Waals surface area contributed by atoms with Crippen LogP contribution in [0.2, 0.25) is 0 Å². The first-order chi connectivity index (χ1) is 9.93. The van der Waals surface area contributed by atoms with Gasteiger partial charge in [-0.2, -0.15) is 0 Å². The Labute approximate surface area is 132 Å². The zero-order valence-electron chi connectivity index (χ0n) is 12.6. The zero-order valence-corrected chi connectivity index (χ0v) is 12.6. The van der Waals surface area contributed by atoms with Crippen LogP contribution < -0.4 is 11.1 Å². The van der Waals surface area contributed by atoms with Gasteiger partial charge in [-0.15, -0.1) is 0 Å². The van der Waals surface area contributed by atoms with Crippen LogP contribution in [0.15, 0.2) is 0 Å². The fourth-order valence-electron chi connectivity index (χ4n) is 1.62. The predicted octanol–water partition coefficient (Wildman–Crippen LogP) is 1.10. The van der Waals surface area contributed by atoms with E-state index in [1.54, 1.807) is 0 Å². The van der Waals surface area contributed by atoms with Gasteiger partial charge in [-0.1, -0.05) is 7.43 Å². The molecule has 4 N–H and O–H groups in total. The van der Waals surface area contributed by atoms with E-state index in [-0.39, 0.29) is 25.5 Å². The Morgan fingerprint density at radius 1 is 1.14 bits per heavy atom. The molecule has 7 nitrogen and oxygen atoms in total. The Bertz CT molecular complexity index is 334. The molecule has 0 aromatic heterocycles. The van der Waals surface area contributed by atoms with Crippen molar-refractivity contribution < 1.29 is 24.2 Å². The van der Waals surface area contributed by atoms with E-state index in [0.717, 1.165) is 0 Å². The molecule has 0 aromatic rings. The third-order valence-electron chi connectivity index (χ3n) is 2.87. The maximum absolute atomic E-state index is 11.4. The second-order valence-corrected chi connectivity index (χ2v) is 4.96. The summed E-state index contributed by atoms with van der Waals surface area (Å²) in [6.45, 7) is 2.87. The Kier molecular flexibility index (Phi) is 15.0. The third-order valence-corrected chi connectivity index (χ3v) is 2.87. The van der Waals surface area contributed by atoms with Gasteiger partial charge in [0.2, 0.25) is 5.91 Å². The SMILES string of the molecule is C.CC(=O)CCCOCCC(=O)NCCCCC(N)C(=O)O. The van der Waals surface area contributed by atoms with E-state index in [1.165, 1.54) is 6.92 Å². The summed E-state index contributed by atoms with van der Waals surface area (Å²) in [5.41, 5.74) is 5.36. The normalized spacial score (nSPS) is 11.4. The molecule has 0 aromatic carbocycles. The lowest BCUT2D eigenvalue weighted by atomic mass is 10.1. The highest BCUT2D eigenvalue weighted by molar-refractivity contribution is 5.76. The number of nitrogens with two attached hydrogens (primary N) is 1. The van der Waals surface area contributed by atoms with Crippen molar-refractivity contribution >= 4 is 17.7 Å². The number of aliphatic carboxylic acids is 1. The van der Waals surface area contributed by atoms with Crippen molar-refractivity contribution in [2.75, 3.05) is 19.8 Å². The minimum atomic E-state index is -0.999. The molecule has 0 aliphatic heterocycles. The van der Waals surface area contributed by atoms with Gasteiger partial charge in [0.15, 0.2) is 0 Å². The van der Waals surface area contributed by atoms with E-state index in [2.05, 4.69) is 5.32 Å². The summed E-state index contributed by atoms with van der Waals surface area (Å²) < 4.78 is 5.25. The van der Waals surface area contributed by atoms with Gasteiger partial charge in [0.1, 0.15) is 11.8 Å². The van der Waals surface area contributed by atoms with E-state index in [0.29, 0.717) is 51.9 Å². The average Bonchev–Trinajstić information content (AvgIpc) is 2.41. The van der Waals surface area contributed by atoms with E-state index in [9.17, 15) is 14.4 Å². The number of carboxylic acids is 1. The fourth-order valence-corrected chi connectivity index (χ4v) is 1.62. The lowest BCUT2D eigenvalue weighted by Crippen LogP contribution is -2.30. The van der Waals surface area contributed by atoms with Crippen LogP contribution in [-0.2, 0) is 19.1 Å². The summed E-state index contributed by atoms with van der Waals surface area (Å²) >= 11 is 0. The minimum absolute atomic E-state index is 0. The van der Waals surface area contributed by atoms with Gasteiger partial charge >= 0.3 is 5.97 Å². The molecular weight excluding hydrogens is 288 g/mol. The first-order valence-corrected chi connectivity index (χ1v) is 7.25. The van der Waals surface area contributed by atoms with Crippen LogP contribution in [0.4, 0.5) is 0 Å². The Morgan fingerprint density at radius 2 is 1.82 bits per heavy atom. The maximum atomic E-state index is 11.4. The molecular formula is C15H30N2O5. The molecule has 1 amide bonds. The fraction of sp³-hybridized carbons (Fsp3) is 0.800. The first kappa shape index (κ1) is 22.8. The molecule has 0 bridgehead atoms. The first-order valence-electron chi connectivity index (χ1n) is 7.25. The van der Waals surface area contributed by atoms with Crippen molar-refractivity contribution in [2.24, 2.45) is 5.73 Å². The number of unbranched alkanes of at least 4 members (excludes halogenated alkanes) is 1. The van der Waals surface area contributed by atoms with Crippen LogP contribution in [0.1, 0.15) is 52.9 Å². The summed E-state index contributed by atoms with van der Waals surface area (Å²) in [4.78, 5) is 32.6. The molecule has 0 saturated heterocycles. The van der Waals surface area contributed by atoms with E-state index in [1.807, 2.05) is 0 Å². The second kappa shape index (κ2) is 14.5. The van der Waals surface area contributed by atoms with Crippen molar-refractivity contribution in [3.05, 3.63) is 0 Å². The Balaban J connectivity index is 0. The number of Topliss-reactive ketones (excluding diaryl/α,β-unsaturated/α-hetero) is 1. The molecule has 0 aliphatic carbocycles. The number of carbonyl (C=O) groups excluding carboxylic acids is 2. The molecule has 0 spiro atoms. The number of nitrogens with one attached hydrogen (secondary N) is 1. The molecule has 0 heterocycles.